The first-order valence-corrected chi connectivity index (χ1v) is 6.41. The molecule has 2 N–H and O–H groups in total. The molecular weight excluding hydrogens is 222 g/mol. The number of H-pyrrole nitrogens is 1. The van der Waals surface area contributed by atoms with Gasteiger partial charge in [0.05, 0.1) is 18.4 Å². The predicted molar refractivity (Wildman–Crippen MR) is 75.5 cm³/mol. The lowest BCUT2D eigenvalue weighted by Crippen LogP contribution is -2.22. The Bertz CT molecular complexity index is 526. The van der Waals surface area contributed by atoms with Gasteiger partial charge in [-0.3, -0.25) is 0 Å². The zero-order valence-electron chi connectivity index (χ0n) is 11.5. The molecule has 3 heteroatoms. The molecule has 0 fully saturated rings. The van der Waals surface area contributed by atoms with Crippen LogP contribution in [0, 0.1) is 13.8 Å². The number of aromatic amines is 1. The quantitative estimate of drug-likeness (QED) is 0.865. The van der Waals surface area contributed by atoms with Crippen molar-refractivity contribution in [1.82, 2.24) is 15.3 Å². The smallest absolute Gasteiger partial charge is 0.120 e. The minimum Gasteiger partial charge on any atom is -0.341 e. The molecule has 96 valence electrons. The van der Waals surface area contributed by atoms with Gasteiger partial charge in [-0.25, -0.2) is 4.98 Å². The van der Waals surface area contributed by atoms with E-state index in [1.54, 1.807) is 0 Å². The van der Waals surface area contributed by atoms with Crippen LogP contribution in [0.1, 0.15) is 30.8 Å². The predicted octanol–water partition coefficient (Wildman–Crippen LogP) is 3.19. The molecule has 0 aliphatic heterocycles. The Kier molecular flexibility index (Phi) is 3.82. The first kappa shape index (κ1) is 12.8. The summed E-state index contributed by atoms with van der Waals surface area (Å²) < 4.78 is 0. The van der Waals surface area contributed by atoms with E-state index in [-0.39, 0.29) is 0 Å². The van der Waals surface area contributed by atoms with Gasteiger partial charge in [0.2, 0.25) is 0 Å². The highest BCUT2D eigenvalue weighted by atomic mass is 15.0. The van der Waals surface area contributed by atoms with Gasteiger partial charge in [0, 0.05) is 6.04 Å². The van der Waals surface area contributed by atoms with Crippen LogP contribution in [0.5, 0.6) is 0 Å². The number of aryl methyl sites for hydroxylation is 2. The molecule has 0 bridgehead atoms. The molecule has 0 spiro atoms. The van der Waals surface area contributed by atoms with Crippen molar-refractivity contribution in [2.24, 2.45) is 0 Å². The SMILES string of the molecule is Cc1ccc(-c2cnc(CNC(C)C)[nH]2)cc1C. The second-order valence-corrected chi connectivity index (χ2v) is 5.08. The molecule has 2 rings (SSSR count). The van der Waals surface area contributed by atoms with Gasteiger partial charge in [-0.1, -0.05) is 26.0 Å². The molecule has 1 heterocycles. The van der Waals surface area contributed by atoms with Crippen molar-refractivity contribution in [3.8, 4) is 11.3 Å². The molecule has 0 radical (unpaired) electrons. The third-order valence-electron chi connectivity index (χ3n) is 3.12. The largest absolute Gasteiger partial charge is 0.341 e. The molecule has 0 amide bonds. The van der Waals surface area contributed by atoms with Crippen LogP contribution in [-0.2, 0) is 6.54 Å². The van der Waals surface area contributed by atoms with E-state index in [9.17, 15) is 0 Å². The number of rotatable bonds is 4. The fourth-order valence-corrected chi connectivity index (χ4v) is 1.81. The second kappa shape index (κ2) is 5.36. The van der Waals surface area contributed by atoms with Crippen molar-refractivity contribution in [2.75, 3.05) is 0 Å². The summed E-state index contributed by atoms with van der Waals surface area (Å²) in [4.78, 5) is 7.76. The molecule has 3 nitrogen and oxygen atoms in total. The van der Waals surface area contributed by atoms with E-state index in [1.165, 1.54) is 16.7 Å². The first-order valence-electron chi connectivity index (χ1n) is 6.41. The Morgan fingerprint density at radius 3 is 2.67 bits per heavy atom. The van der Waals surface area contributed by atoms with Gasteiger partial charge in [0.25, 0.3) is 0 Å². The first-order chi connectivity index (χ1) is 8.56. The van der Waals surface area contributed by atoms with Crippen molar-refractivity contribution in [1.29, 1.82) is 0 Å². The average Bonchev–Trinajstić information content (AvgIpc) is 2.79. The number of hydrogen-bond acceptors (Lipinski definition) is 2. The van der Waals surface area contributed by atoms with Crippen LogP contribution in [0.2, 0.25) is 0 Å². The summed E-state index contributed by atoms with van der Waals surface area (Å²) in [5.74, 6) is 0.983. The van der Waals surface area contributed by atoms with Crippen LogP contribution in [0.4, 0.5) is 0 Å². The molecule has 1 aromatic heterocycles. The van der Waals surface area contributed by atoms with Crippen LogP contribution in [-0.4, -0.2) is 16.0 Å². The zero-order valence-corrected chi connectivity index (χ0v) is 11.5. The highest BCUT2D eigenvalue weighted by Crippen LogP contribution is 2.20. The summed E-state index contributed by atoms with van der Waals surface area (Å²) in [6, 6.07) is 6.95. The molecule has 0 saturated heterocycles. The van der Waals surface area contributed by atoms with Gasteiger partial charge in [-0.05, 0) is 36.6 Å². The van der Waals surface area contributed by atoms with Gasteiger partial charge in [-0.15, -0.1) is 0 Å². The van der Waals surface area contributed by atoms with Gasteiger partial charge in [0.15, 0.2) is 0 Å². The molecule has 18 heavy (non-hydrogen) atoms. The van der Waals surface area contributed by atoms with E-state index in [0.29, 0.717) is 6.04 Å². The van der Waals surface area contributed by atoms with Gasteiger partial charge >= 0.3 is 0 Å². The topological polar surface area (TPSA) is 40.7 Å². The van der Waals surface area contributed by atoms with Crippen LogP contribution in [0.25, 0.3) is 11.3 Å². The van der Waals surface area contributed by atoms with Crippen LogP contribution in [0.3, 0.4) is 0 Å². The lowest BCUT2D eigenvalue weighted by atomic mass is 10.1. The normalized spacial score (nSPS) is 11.2. The summed E-state index contributed by atoms with van der Waals surface area (Å²) in [5.41, 5.74) is 4.91. The molecule has 0 saturated carbocycles. The van der Waals surface area contributed by atoms with Crippen LogP contribution < -0.4 is 5.32 Å². The van der Waals surface area contributed by atoms with Crippen molar-refractivity contribution in [2.45, 2.75) is 40.3 Å². The monoisotopic (exact) mass is 243 g/mol. The van der Waals surface area contributed by atoms with Gasteiger partial charge in [0.1, 0.15) is 5.82 Å². The summed E-state index contributed by atoms with van der Waals surface area (Å²) in [5, 5.41) is 3.35. The lowest BCUT2D eigenvalue weighted by Gasteiger charge is -2.05. The maximum Gasteiger partial charge on any atom is 0.120 e. The van der Waals surface area contributed by atoms with Crippen molar-refractivity contribution in [3.63, 3.8) is 0 Å². The van der Waals surface area contributed by atoms with Crippen LogP contribution >= 0.6 is 0 Å². The van der Waals surface area contributed by atoms with E-state index < -0.39 is 0 Å². The van der Waals surface area contributed by atoms with Crippen molar-refractivity contribution >= 4 is 0 Å². The average molecular weight is 243 g/mol. The Morgan fingerprint density at radius 1 is 1.22 bits per heavy atom. The number of nitrogens with zero attached hydrogens (tertiary/aromatic N) is 1. The maximum atomic E-state index is 4.40. The van der Waals surface area contributed by atoms with Crippen LogP contribution in [0.15, 0.2) is 24.4 Å². The van der Waals surface area contributed by atoms with Gasteiger partial charge in [-0.2, -0.15) is 0 Å². The number of hydrogen-bond donors (Lipinski definition) is 2. The highest BCUT2D eigenvalue weighted by molar-refractivity contribution is 5.60. The third kappa shape index (κ3) is 2.99. The Hall–Kier alpha value is -1.61. The number of imidazole rings is 1. The highest BCUT2D eigenvalue weighted by Gasteiger charge is 2.04. The Labute approximate surface area is 109 Å². The third-order valence-corrected chi connectivity index (χ3v) is 3.12. The number of benzene rings is 1. The summed E-state index contributed by atoms with van der Waals surface area (Å²) in [6.45, 7) is 9.31. The second-order valence-electron chi connectivity index (χ2n) is 5.08. The molecule has 2 aromatic rings. The zero-order chi connectivity index (χ0) is 13.1. The fraction of sp³-hybridized carbons (Fsp3) is 0.400. The molecule has 0 aliphatic carbocycles. The Morgan fingerprint density at radius 2 is 2.00 bits per heavy atom. The van der Waals surface area contributed by atoms with Gasteiger partial charge < -0.3 is 10.3 Å². The summed E-state index contributed by atoms with van der Waals surface area (Å²) in [7, 11) is 0. The summed E-state index contributed by atoms with van der Waals surface area (Å²) in [6.07, 6.45) is 1.90. The standard InChI is InChI=1S/C15H21N3/c1-10(2)16-9-15-17-8-14(18-15)13-6-5-11(3)12(4)7-13/h5-8,10,16H,9H2,1-4H3,(H,17,18). The molecule has 0 aliphatic rings. The molecule has 1 aromatic carbocycles. The molecule has 0 unspecified atom stereocenters. The minimum atomic E-state index is 0.472. The lowest BCUT2D eigenvalue weighted by molar-refractivity contribution is 0.575. The van der Waals surface area contributed by atoms with E-state index in [0.717, 1.165) is 18.1 Å². The van der Waals surface area contributed by atoms with Crippen molar-refractivity contribution < 1.29 is 0 Å². The molecular formula is C15H21N3. The Balaban J connectivity index is 2.16. The van der Waals surface area contributed by atoms with Crippen molar-refractivity contribution in [3.05, 3.63) is 41.3 Å². The number of nitrogens with one attached hydrogen (secondary N) is 2. The minimum absolute atomic E-state index is 0.472. The molecule has 0 atom stereocenters. The van der Waals surface area contributed by atoms with E-state index in [2.05, 4.69) is 61.2 Å². The number of aromatic nitrogens is 2. The van der Waals surface area contributed by atoms with E-state index >= 15 is 0 Å². The summed E-state index contributed by atoms with van der Waals surface area (Å²) >= 11 is 0. The maximum absolute atomic E-state index is 4.40. The fourth-order valence-electron chi connectivity index (χ4n) is 1.81. The van der Waals surface area contributed by atoms with E-state index in [1.807, 2.05) is 6.20 Å². The van der Waals surface area contributed by atoms with E-state index in [4.69, 9.17) is 0 Å².